The topological polar surface area (TPSA) is 36.4 Å². The molecular formula is C20H19N3. The van der Waals surface area contributed by atoms with Crippen molar-refractivity contribution >= 4 is 22.3 Å². The highest BCUT2D eigenvalue weighted by atomic mass is 15.1. The van der Waals surface area contributed by atoms with E-state index in [1.807, 2.05) is 0 Å². The molecule has 0 spiro atoms. The molecule has 1 aliphatic rings. The van der Waals surface area contributed by atoms with Crippen LogP contribution in [0.3, 0.4) is 0 Å². The molecule has 0 bridgehead atoms. The molecule has 3 aromatic rings. The SMILES string of the molecule is c1ccc(C2=NCCN2)c(NCc2cccc3ccccc23)c1. The van der Waals surface area contributed by atoms with E-state index in [2.05, 4.69) is 82.4 Å². The van der Waals surface area contributed by atoms with Gasteiger partial charge < -0.3 is 10.6 Å². The van der Waals surface area contributed by atoms with Crippen LogP contribution in [0.1, 0.15) is 11.1 Å². The Balaban J connectivity index is 1.62. The Kier molecular flexibility index (Phi) is 3.68. The summed E-state index contributed by atoms with van der Waals surface area (Å²) in [5.41, 5.74) is 3.57. The number of fused-ring (bicyclic) bond motifs is 1. The molecule has 0 amide bonds. The zero-order valence-corrected chi connectivity index (χ0v) is 12.9. The molecule has 4 rings (SSSR count). The summed E-state index contributed by atoms with van der Waals surface area (Å²) in [6.07, 6.45) is 0. The van der Waals surface area contributed by atoms with E-state index >= 15 is 0 Å². The van der Waals surface area contributed by atoms with Gasteiger partial charge in [0.25, 0.3) is 0 Å². The number of rotatable bonds is 4. The molecule has 0 saturated heterocycles. The summed E-state index contributed by atoms with van der Waals surface area (Å²) in [6, 6.07) is 23.3. The maximum absolute atomic E-state index is 4.54. The minimum absolute atomic E-state index is 0.797. The Morgan fingerprint density at radius 3 is 2.65 bits per heavy atom. The Morgan fingerprint density at radius 1 is 0.913 bits per heavy atom. The zero-order chi connectivity index (χ0) is 15.5. The normalized spacial score (nSPS) is 13.7. The molecule has 114 valence electrons. The lowest BCUT2D eigenvalue weighted by atomic mass is 10.0. The smallest absolute Gasteiger partial charge is 0.130 e. The maximum atomic E-state index is 4.54. The molecular weight excluding hydrogens is 282 g/mol. The van der Waals surface area contributed by atoms with Crippen molar-refractivity contribution in [1.82, 2.24) is 5.32 Å². The first-order valence-corrected chi connectivity index (χ1v) is 8.00. The number of hydrogen-bond donors (Lipinski definition) is 2. The van der Waals surface area contributed by atoms with Gasteiger partial charge in [0.1, 0.15) is 5.84 Å². The third kappa shape index (κ3) is 2.78. The van der Waals surface area contributed by atoms with Crippen LogP contribution in [0.25, 0.3) is 10.8 Å². The Bertz CT molecular complexity index is 862. The standard InChI is InChI=1S/C20H19N3/c1-2-9-17-15(6-1)7-5-8-16(17)14-23-19-11-4-3-10-18(19)20-21-12-13-22-20/h1-11,23H,12-14H2,(H,21,22). The molecule has 0 radical (unpaired) electrons. The average Bonchev–Trinajstić information content (AvgIpc) is 3.14. The zero-order valence-electron chi connectivity index (χ0n) is 12.9. The first-order valence-electron chi connectivity index (χ1n) is 8.00. The summed E-state index contributed by atoms with van der Waals surface area (Å²) >= 11 is 0. The number of amidine groups is 1. The average molecular weight is 301 g/mol. The van der Waals surface area contributed by atoms with Crippen molar-refractivity contribution in [1.29, 1.82) is 0 Å². The van der Waals surface area contributed by atoms with Crippen LogP contribution < -0.4 is 10.6 Å². The van der Waals surface area contributed by atoms with Crippen LogP contribution in [0.4, 0.5) is 5.69 Å². The van der Waals surface area contributed by atoms with Gasteiger partial charge in [-0.15, -0.1) is 0 Å². The van der Waals surface area contributed by atoms with E-state index in [1.54, 1.807) is 0 Å². The van der Waals surface area contributed by atoms with Crippen LogP contribution in [0.5, 0.6) is 0 Å². The number of hydrogen-bond acceptors (Lipinski definition) is 3. The Labute approximate surface area is 136 Å². The molecule has 0 aliphatic carbocycles. The van der Waals surface area contributed by atoms with Gasteiger partial charge in [-0.1, -0.05) is 54.6 Å². The second kappa shape index (κ2) is 6.13. The van der Waals surface area contributed by atoms with E-state index in [-0.39, 0.29) is 0 Å². The fourth-order valence-corrected chi connectivity index (χ4v) is 3.06. The third-order valence-electron chi connectivity index (χ3n) is 4.21. The van der Waals surface area contributed by atoms with Crippen LogP contribution >= 0.6 is 0 Å². The minimum atomic E-state index is 0.797. The van der Waals surface area contributed by atoms with E-state index in [4.69, 9.17) is 0 Å². The summed E-state index contributed by atoms with van der Waals surface area (Å²) in [7, 11) is 0. The molecule has 3 aromatic carbocycles. The summed E-state index contributed by atoms with van der Waals surface area (Å²) in [6.45, 7) is 2.58. The van der Waals surface area contributed by atoms with Crippen molar-refractivity contribution in [2.45, 2.75) is 6.54 Å². The first kappa shape index (κ1) is 13.8. The van der Waals surface area contributed by atoms with Gasteiger partial charge >= 0.3 is 0 Å². The van der Waals surface area contributed by atoms with Crippen molar-refractivity contribution in [2.24, 2.45) is 4.99 Å². The van der Waals surface area contributed by atoms with Crippen molar-refractivity contribution < 1.29 is 0 Å². The van der Waals surface area contributed by atoms with Crippen LogP contribution in [0.15, 0.2) is 71.7 Å². The summed E-state index contributed by atoms with van der Waals surface area (Å²) in [5.74, 6) is 0.992. The van der Waals surface area contributed by atoms with Crippen molar-refractivity contribution in [3.05, 3.63) is 77.9 Å². The lowest BCUT2D eigenvalue weighted by Crippen LogP contribution is -2.20. The second-order valence-corrected chi connectivity index (χ2v) is 5.69. The van der Waals surface area contributed by atoms with Gasteiger partial charge in [0.15, 0.2) is 0 Å². The number of anilines is 1. The summed E-state index contributed by atoms with van der Waals surface area (Å²) in [5, 5.41) is 9.51. The van der Waals surface area contributed by atoms with Gasteiger partial charge in [-0.2, -0.15) is 0 Å². The van der Waals surface area contributed by atoms with Gasteiger partial charge in [-0.25, -0.2) is 0 Å². The molecule has 0 atom stereocenters. The number of aliphatic imine (C=N–C) groups is 1. The van der Waals surface area contributed by atoms with Gasteiger partial charge in [0.2, 0.25) is 0 Å². The van der Waals surface area contributed by atoms with Gasteiger partial charge in [0.05, 0.1) is 6.54 Å². The first-order chi connectivity index (χ1) is 11.4. The molecule has 0 fully saturated rings. The van der Waals surface area contributed by atoms with E-state index < -0.39 is 0 Å². The molecule has 3 heteroatoms. The van der Waals surface area contributed by atoms with E-state index in [1.165, 1.54) is 16.3 Å². The quantitative estimate of drug-likeness (QED) is 0.769. The minimum Gasteiger partial charge on any atom is -0.380 e. The molecule has 2 N–H and O–H groups in total. The lowest BCUT2D eigenvalue weighted by molar-refractivity contribution is 0.960. The van der Waals surface area contributed by atoms with Gasteiger partial charge in [-0.3, -0.25) is 4.99 Å². The monoisotopic (exact) mass is 301 g/mol. The Morgan fingerprint density at radius 2 is 1.74 bits per heavy atom. The lowest BCUT2D eigenvalue weighted by Gasteiger charge is -2.13. The number of benzene rings is 3. The van der Waals surface area contributed by atoms with E-state index in [0.29, 0.717) is 0 Å². The fraction of sp³-hybridized carbons (Fsp3) is 0.150. The molecule has 0 aromatic heterocycles. The largest absolute Gasteiger partial charge is 0.380 e. The van der Waals surface area contributed by atoms with Crippen LogP contribution in [0, 0.1) is 0 Å². The summed E-state index contributed by atoms with van der Waals surface area (Å²) < 4.78 is 0. The van der Waals surface area contributed by atoms with Crippen LogP contribution in [0.2, 0.25) is 0 Å². The Hall–Kier alpha value is -2.81. The van der Waals surface area contributed by atoms with Crippen molar-refractivity contribution in [3.63, 3.8) is 0 Å². The van der Waals surface area contributed by atoms with Crippen molar-refractivity contribution in [3.8, 4) is 0 Å². The highest BCUT2D eigenvalue weighted by Gasteiger charge is 2.12. The molecule has 1 heterocycles. The molecule has 3 nitrogen and oxygen atoms in total. The van der Waals surface area contributed by atoms with Gasteiger partial charge in [-0.05, 0) is 28.5 Å². The molecule has 0 saturated carbocycles. The molecule has 0 unspecified atom stereocenters. The van der Waals surface area contributed by atoms with Crippen molar-refractivity contribution in [2.75, 3.05) is 18.4 Å². The predicted octanol–water partition coefficient (Wildman–Crippen LogP) is 3.80. The highest BCUT2D eigenvalue weighted by Crippen LogP contribution is 2.22. The number of nitrogens with zero attached hydrogens (tertiary/aromatic N) is 1. The highest BCUT2D eigenvalue weighted by molar-refractivity contribution is 6.04. The van der Waals surface area contributed by atoms with E-state index in [9.17, 15) is 0 Å². The third-order valence-corrected chi connectivity index (χ3v) is 4.21. The number of para-hydroxylation sites is 1. The van der Waals surface area contributed by atoms with Crippen LogP contribution in [-0.2, 0) is 6.54 Å². The van der Waals surface area contributed by atoms with E-state index in [0.717, 1.165) is 36.7 Å². The second-order valence-electron chi connectivity index (χ2n) is 5.69. The summed E-state index contributed by atoms with van der Waals surface area (Å²) in [4.78, 5) is 4.54. The predicted molar refractivity (Wildman–Crippen MR) is 97.1 cm³/mol. The van der Waals surface area contributed by atoms with Crippen LogP contribution in [-0.4, -0.2) is 18.9 Å². The molecule has 23 heavy (non-hydrogen) atoms. The number of nitrogens with one attached hydrogen (secondary N) is 2. The maximum Gasteiger partial charge on any atom is 0.130 e. The fourth-order valence-electron chi connectivity index (χ4n) is 3.06. The molecule has 1 aliphatic heterocycles. The van der Waals surface area contributed by atoms with Gasteiger partial charge in [0, 0.05) is 24.3 Å².